The van der Waals surface area contributed by atoms with Crippen LogP contribution in [0.5, 0.6) is 5.75 Å². The van der Waals surface area contributed by atoms with E-state index in [1.165, 1.54) is 0 Å². The Kier molecular flexibility index (Phi) is 8.15. The number of ether oxygens (including phenoxy) is 1. The summed E-state index contributed by atoms with van der Waals surface area (Å²) in [5.41, 5.74) is 1.54. The van der Waals surface area contributed by atoms with Gasteiger partial charge in [-0.15, -0.1) is 0 Å². The molecule has 150 valence electrons. The summed E-state index contributed by atoms with van der Waals surface area (Å²) >= 11 is 12.2. The van der Waals surface area contributed by atoms with Crippen molar-refractivity contribution >= 4 is 35.0 Å². The molecular weight excluding hydrogens is 399 g/mol. The molecule has 1 N–H and O–H groups in total. The first kappa shape index (κ1) is 22.1. The Morgan fingerprint density at radius 1 is 1.18 bits per heavy atom. The van der Waals surface area contributed by atoms with Crippen molar-refractivity contribution in [2.75, 3.05) is 14.2 Å². The lowest BCUT2D eigenvalue weighted by Crippen LogP contribution is -2.48. The monoisotopic (exact) mass is 422 g/mol. The van der Waals surface area contributed by atoms with Gasteiger partial charge in [-0.1, -0.05) is 48.3 Å². The minimum atomic E-state index is -0.588. The molecule has 0 saturated carbocycles. The van der Waals surface area contributed by atoms with Crippen LogP contribution >= 0.6 is 23.2 Å². The van der Waals surface area contributed by atoms with E-state index >= 15 is 0 Å². The molecule has 28 heavy (non-hydrogen) atoms. The predicted octanol–water partition coefficient (Wildman–Crippen LogP) is 4.10. The van der Waals surface area contributed by atoms with E-state index in [4.69, 9.17) is 27.9 Å². The standard InChI is InChI=1S/C21H24Cl2N2O3/c1-4-19(21(27)24-2)25(13-14-6-5-7-17(10-14)28-3)20(26)11-15-8-9-16(22)12-18(15)23/h5-10,12,19H,4,11,13H2,1-3H3,(H,24,27)/t19-/m1/s1. The van der Waals surface area contributed by atoms with Crippen molar-refractivity contribution in [3.8, 4) is 5.75 Å². The number of benzene rings is 2. The molecular formula is C21H24Cl2N2O3. The van der Waals surface area contributed by atoms with Crippen molar-refractivity contribution in [1.82, 2.24) is 10.2 Å². The summed E-state index contributed by atoms with van der Waals surface area (Å²) in [6.45, 7) is 2.16. The molecule has 0 heterocycles. The molecule has 0 bridgehead atoms. The molecule has 0 aliphatic carbocycles. The third-order valence-electron chi connectivity index (χ3n) is 4.48. The van der Waals surface area contributed by atoms with Gasteiger partial charge in [0.2, 0.25) is 11.8 Å². The van der Waals surface area contributed by atoms with Gasteiger partial charge in [0.25, 0.3) is 0 Å². The molecule has 2 aromatic carbocycles. The molecule has 0 fully saturated rings. The fourth-order valence-electron chi connectivity index (χ4n) is 2.98. The molecule has 5 nitrogen and oxygen atoms in total. The highest BCUT2D eigenvalue weighted by Crippen LogP contribution is 2.23. The quantitative estimate of drug-likeness (QED) is 0.696. The molecule has 0 saturated heterocycles. The smallest absolute Gasteiger partial charge is 0.242 e. The number of rotatable bonds is 8. The summed E-state index contributed by atoms with van der Waals surface area (Å²) in [4.78, 5) is 27.1. The van der Waals surface area contributed by atoms with Crippen LogP contribution in [0.4, 0.5) is 0 Å². The minimum absolute atomic E-state index is 0.0769. The molecule has 0 spiro atoms. The van der Waals surface area contributed by atoms with Crippen LogP contribution in [0, 0.1) is 0 Å². The topological polar surface area (TPSA) is 58.6 Å². The maximum atomic E-state index is 13.2. The third kappa shape index (κ3) is 5.63. The van der Waals surface area contributed by atoms with Crippen molar-refractivity contribution < 1.29 is 14.3 Å². The summed E-state index contributed by atoms with van der Waals surface area (Å²) in [5.74, 6) is 0.294. The zero-order valence-electron chi connectivity index (χ0n) is 16.2. The number of hydrogen-bond donors (Lipinski definition) is 1. The zero-order valence-corrected chi connectivity index (χ0v) is 17.7. The van der Waals surface area contributed by atoms with Gasteiger partial charge in [0.1, 0.15) is 11.8 Å². The van der Waals surface area contributed by atoms with Gasteiger partial charge in [-0.2, -0.15) is 0 Å². The molecule has 2 amide bonds. The first-order valence-electron chi connectivity index (χ1n) is 8.97. The van der Waals surface area contributed by atoms with Crippen molar-refractivity contribution in [3.63, 3.8) is 0 Å². The molecule has 0 aliphatic rings. The second-order valence-electron chi connectivity index (χ2n) is 6.32. The summed E-state index contributed by atoms with van der Waals surface area (Å²) in [6.07, 6.45) is 0.567. The van der Waals surface area contributed by atoms with Crippen LogP contribution in [0.25, 0.3) is 0 Å². The van der Waals surface area contributed by atoms with Crippen molar-refractivity contribution in [2.45, 2.75) is 32.4 Å². The fraction of sp³-hybridized carbons (Fsp3) is 0.333. The van der Waals surface area contributed by atoms with E-state index in [2.05, 4.69) is 5.32 Å². The molecule has 0 aromatic heterocycles. The molecule has 0 unspecified atom stereocenters. The number of nitrogens with zero attached hydrogens (tertiary/aromatic N) is 1. The first-order valence-corrected chi connectivity index (χ1v) is 9.73. The van der Waals surface area contributed by atoms with Gasteiger partial charge in [0, 0.05) is 23.6 Å². The van der Waals surface area contributed by atoms with E-state index in [0.717, 1.165) is 5.56 Å². The number of nitrogens with one attached hydrogen (secondary N) is 1. The second-order valence-corrected chi connectivity index (χ2v) is 7.17. The molecule has 0 aliphatic heterocycles. The van der Waals surface area contributed by atoms with Crippen LogP contribution in [0.3, 0.4) is 0 Å². The first-order chi connectivity index (χ1) is 13.4. The number of carbonyl (C=O) groups is 2. The number of hydrogen-bond acceptors (Lipinski definition) is 3. The van der Waals surface area contributed by atoms with Gasteiger partial charge < -0.3 is 15.0 Å². The van der Waals surface area contributed by atoms with Gasteiger partial charge >= 0.3 is 0 Å². The zero-order chi connectivity index (χ0) is 20.7. The fourth-order valence-corrected chi connectivity index (χ4v) is 3.46. The average Bonchev–Trinajstić information content (AvgIpc) is 2.69. The van der Waals surface area contributed by atoms with E-state index in [9.17, 15) is 9.59 Å². The van der Waals surface area contributed by atoms with E-state index in [0.29, 0.717) is 27.8 Å². The van der Waals surface area contributed by atoms with Gasteiger partial charge in [-0.05, 0) is 41.8 Å². The average molecular weight is 423 g/mol. The highest BCUT2D eigenvalue weighted by Gasteiger charge is 2.28. The van der Waals surface area contributed by atoms with E-state index in [1.54, 1.807) is 37.3 Å². The molecule has 2 rings (SSSR count). The largest absolute Gasteiger partial charge is 0.497 e. The third-order valence-corrected chi connectivity index (χ3v) is 5.06. The van der Waals surface area contributed by atoms with E-state index < -0.39 is 6.04 Å². The highest BCUT2D eigenvalue weighted by molar-refractivity contribution is 6.35. The summed E-state index contributed by atoms with van der Waals surface area (Å²) in [6, 6.07) is 11.9. The number of methoxy groups -OCH3 is 1. The number of amides is 2. The summed E-state index contributed by atoms with van der Waals surface area (Å²) in [7, 11) is 3.15. The predicted molar refractivity (Wildman–Crippen MR) is 112 cm³/mol. The Hall–Kier alpha value is -2.24. The summed E-state index contributed by atoms with van der Waals surface area (Å²) < 4.78 is 5.26. The van der Waals surface area contributed by atoms with Crippen molar-refractivity contribution in [2.24, 2.45) is 0 Å². The second kappa shape index (κ2) is 10.3. The van der Waals surface area contributed by atoms with Crippen molar-refractivity contribution in [3.05, 3.63) is 63.6 Å². The Labute approximate surface area is 175 Å². The van der Waals surface area contributed by atoms with E-state index in [1.807, 2.05) is 31.2 Å². The molecule has 0 radical (unpaired) electrons. The Balaban J connectivity index is 2.32. The van der Waals surface area contributed by atoms with Gasteiger partial charge in [0.15, 0.2) is 0 Å². The lowest BCUT2D eigenvalue weighted by Gasteiger charge is -2.30. The summed E-state index contributed by atoms with van der Waals surface area (Å²) in [5, 5.41) is 3.57. The van der Waals surface area contributed by atoms with Crippen LogP contribution in [0.15, 0.2) is 42.5 Å². The van der Waals surface area contributed by atoms with Gasteiger partial charge in [0.05, 0.1) is 13.5 Å². The molecule has 7 heteroatoms. The lowest BCUT2D eigenvalue weighted by atomic mass is 10.1. The van der Waals surface area contributed by atoms with Crippen LogP contribution in [0.1, 0.15) is 24.5 Å². The highest BCUT2D eigenvalue weighted by atomic mass is 35.5. The van der Waals surface area contributed by atoms with Crippen LogP contribution in [0.2, 0.25) is 10.0 Å². The molecule has 1 atom stereocenters. The minimum Gasteiger partial charge on any atom is -0.497 e. The Morgan fingerprint density at radius 2 is 1.93 bits per heavy atom. The van der Waals surface area contributed by atoms with Crippen LogP contribution in [-0.2, 0) is 22.6 Å². The van der Waals surface area contributed by atoms with Gasteiger partial charge in [-0.25, -0.2) is 0 Å². The van der Waals surface area contributed by atoms with Crippen molar-refractivity contribution in [1.29, 1.82) is 0 Å². The SMILES string of the molecule is CC[C@H](C(=O)NC)N(Cc1cccc(OC)c1)C(=O)Cc1ccc(Cl)cc1Cl. The van der Waals surface area contributed by atoms with Crippen LogP contribution < -0.4 is 10.1 Å². The maximum absolute atomic E-state index is 13.2. The van der Waals surface area contributed by atoms with Crippen LogP contribution in [-0.4, -0.2) is 36.9 Å². The Bertz CT molecular complexity index is 842. The van der Waals surface area contributed by atoms with E-state index in [-0.39, 0.29) is 24.8 Å². The van der Waals surface area contributed by atoms with Gasteiger partial charge in [-0.3, -0.25) is 9.59 Å². The molecule has 2 aromatic rings. The normalized spacial score (nSPS) is 11.6. The number of carbonyl (C=O) groups excluding carboxylic acids is 2. The maximum Gasteiger partial charge on any atom is 0.242 e. The number of halogens is 2. The number of likely N-dealkylation sites (N-methyl/N-ethyl adjacent to an activating group) is 1. The lowest BCUT2D eigenvalue weighted by molar-refractivity contribution is -0.140. The Morgan fingerprint density at radius 3 is 2.54 bits per heavy atom.